The fourth-order valence-electron chi connectivity index (χ4n) is 5.71. The van der Waals surface area contributed by atoms with Gasteiger partial charge in [-0.1, -0.05) is 12.1 Å². The molecule has 0 saturated carbocycles. The van der Waals surface area contributed by atoms with Gasteiger partial charge in [-0.15, -0.1) is 34.0 Å². The monoisotopic (exact) mass is 482 g/mol. The lowest BCUT2D eigenvalue weighted by atomic mass is 10.0. The maximum Gasteiger partial charge on any atom is 0.150 e. The number of benzene rings is 1. The molecule has 7 heterocycles. The molecule has 33 heavy (non-hydrogen) atoms. The van der Waals surface area contributed by atoms with Crippen molar-refractivity contribution < 1.29 is 0 Å². The van der Waals surface area contributed by atoms with Crippen LogP contribution in [0, 0.1) is 13.8 Å². The van der Waals surface area contributed by atoms with Crippen molar-refractivity contribution in [3.8, 4) is 0 Å². The van der Waals surface area contributed by atoms with Crippen LogP contribution in [0.5, 0.6) is 0 Å². The predicted octanol–water partition coefficient (Wildman–Crippen LogP) is 6.70. The second kappa shape index (κ2) is 5.91. The van der Waals surface area contributed by atoms with E-state index in [-0.39, 0.29) is 0 Å². The van der Waals surface area contributed by atoms with Crippen LogP contribution >= 0.6 is 34.0 Å². The third-order valence-electron chi connectivity index (χ3n) is 6.89. The summed E-state index contributed by atoms with van der Waals surface area (Å²) in [5, 5.41) is 5.26. The van der Waals surface area contributed by atoms with Crippen LogP contribution in [0.15, 0.2) is 46.4 Å². The van der Waals surface area contributed by atoms with Crippen molar-refractivity contribution in [2.75, 3.05) is 14.1 Å². The molecule has 0 fully saturated rings. The number of aryl methyl sites for hydroxylation is 2. The zero-order chi connectivity index (χ0) is 22.2. The van der Waals surface area contributed by atoms with E-state index in [0.29, 0.717) is 0 Å². The molecular weight excluding hydrogens is 465 g/mol. The van der Waals surface area contributed by atoms with E-state index >= 15 is 0 Å². The smallest absolute Gasteiger partial charge is 0.150 e. The standard InChI is InChI=1S/C26H18N4S3/c1-11-7-17-19(31-11)9-15-13-5-6-14-16-10-20-18(8-12(2)32-20)30(16)26(28-4)24-22(14)21(13)23(33-24)25(27-3)29(15)17/h5-10H,1-4H3. The van der Waals surface area contributed by atoms with Gasteiger partial charge < -0.3 is 0 Å². The van der Waals surface area contributed by atoms with Gasteiger partial charge in [0.15, 0.2) is 11.0 Å². The minimum atomic E-state index is 1.04. The van der Waals surface area contributed by atoms with Crippen LogP contribution in [0.25, 0.3) is 62.4 Å². The van der Waals surface area contributed by atoms with E-state index in [0.717, 1.165) is 11.0 Å². The maximum absolute atomic E-state index is 4.83. The van der Waals surface area contributed by atoms with Gasteiger partial charge in [0, 0.05) is 45.4 Å². The van der Waals surface area contributed by atoms with Crippen LogP contribution in [0.1, 0.15) is 9.75 Å². The lowest BCUT2D eigenvalue weighted by molar-refractivity contribution is 1.10. The summed E-state index contributed by atoms with van der Waals surface area (Å²) < 4.78 is 9.86. The molecule has 0 unspecified atom stereocenters. The van der Waals surface area contributed by atoms with Gasteiger partial charge in [-0.3, -0.25) is 18.8 Å². The van der Waals surface area contributed by atoms with E-state index in [2.05, 4.69) is 59.0 Å². The summed E-state index contributed by atoms with van der Waals surface area (Å²) in [6.07, 6.45) is 0. The second-order valence-electron chi connectivity index (χ2n) is 8.71. The largest absolute Gasteiger partial charge is 0.292 e. The molecule has 1 aromatic carbocycles. The third kappa shape index (κ3) is 2.03. The highest BCUT2D eigenvalue weighted by Gasteiger charge is 2.23. The topological polar surface area (TPSA) is 33.5 Å². The van der Waals surface area contributed by atoms with E-state index in [1.165, 1.54) is 72.2 Å². The molecule has 7 heteroatoms. The molecule has 8 aromatic rings. The Hall–Kier alpha value is -3.00. The van der Waals surface area contributed by atoms with Crippen LogP contribution in [0.2, 0.25) is 0 Å². The van der Waals surface area contributed by atoms with Gasteiger partial charge in [-0.25, -0.2) is 0 Å². The van der Waals surface area contributed by atoms with Gasteiger partial charge in [0.25, 0.3) is 0 Å². The average Bonchev–Trinajstić information content (AvgIpc) is 3.57. The highest BCUT2D eigenvalue weighted by Crippen LogP contribution is 2.43. The van der Waals surface area contributed by atoms with Crippen molar-refractivity contribution >= 4 is 96.4 Å². The Bertz CT molecular complexity index is 2070. The normalized spacial score (nSPS) is 14.4. The minimum absolute atomic E-state index is 1.04. The van der Waals surface area contributed by atoms with Gasteiger partial charge in [0.05, 0.1) is 40.9 Å². The SMILES string of the molecule is CN=c1c2sc3c(=NC)n4c5cc(C)sc5cc4c4ccc(c2c34)c2cc3sc(C)cc3n12. The quantitative estimate of drug-likeness (QED) is 0.216. The van der Waals surface area contributed by atoms with Gasteiger partial charge >= 0.3 is 0 Å². The molecular formula is C26H18N4S3. The van der Waals surface area contributed by atoms with Crippen molar-refractivity contribution in [3.63, 3.8) is 0 Å². The lowest BCUT2D eigenvalue weighted by Gasteiger charge is -2.08. The van der Waals surface area contributed by atoms with Crippen LogP contribution < -0.4 is 11.0 Å². The summed E-state index contributed by atoms with van der Waals surface area (Å²) in [5.41, 5.74) is 7.09. The molecule has 160 valence electrons. The summed E-state index contributed by atoms with van der Waals surface area (Å²) in [4.78, 5) is 12.3. The van der Waals surface area contributed by atoms with E-state index < -0.39 is 0 Å². The van der Waals surface area contributed by atoms with E-state index in [1.807, 2.05) is 48.1 Å². The molecule has 0 amide bonds. The maximum atomic E-state index is 4.83. The molecule has 4 nitrogen and oxygen atoms in total. The zero-order valence-corrected chi connectivity index (χ0v) is 20.9. The first-order valence-electron chi connectivity index (χ1n) is 10.9. The number of hydrogen-bond donors (Lipinski definition) is 0. The molecule has 0 saturated heterocycles. The third-order valence-corrected chi connectivity index (χ3v) is 10.0. The number of rotatable bonds is 0. The van der Waals surface area contributed by atoms with Crippen molar-refractivity contribution in [1.29, 1.82) is 0 Å². The Balaban J connectivity index is 1.74. The molecule has 0 N–H and O–H groups in total. The Morgan fingerprint density at radius 3 is 1.48 bits per heavy atom. The summed E-state index contributed by atoms with van der Waals surface area (Å²) in [6, 6.07) is 13.9. The van der Waals surface area contributed by atoms with Gasteiger partial charge in [0.2, 0.25) is 0 Å². The van der Waals surface area contributed by atoms with Crippen molar-refractivity contribution in [1.82, 2.24) is 8.80 Å². The summed E-state index contributed by atoms with van der Waals surface area (Å²) in [5.74, 6) is 0. The highest BCUT2D eigenvalue weighted by atomic mass is 32.1. The van der Waals surface area contributed by atoms with Crippen LogP contribution in [0.4, 0.5) is 0 Å². The number of aromatic nitrogens is 2. The molecule has 0 bridgehead atoms. The predicted molar refractivity (Wildman–Crippen MR) is 144 cm³/mol. The first-order valence-corrected chi connectivity index (χ1v) is 13.3. The van der Waals surface area contributed by atoms with Crippen LogP contribution in [-0.4, -0.2) is 22.9 Å². The number of thiophene rings is 3. The molecule has 0 atom stereocenters. The molecule has 7 aromatic heterocycles. The summed E-state index contributed by atoms with van der Waals surface area (Å²) in [7, 11) is 3.83. The Labute approximate surface area is 199 Å². The fourth-order valence-corrected chi connectivity index (χ4v) is 8.98. The van der Waals surface area contributed by atoms with E-state index in [4.69, 9.17) is 9.98 Å². The number of nitrogens with zero attached hydrogens (tertiary/aromatic N) is 4. The van der Waals surface area contributed by atoms with E-state index in [1.54, 1.807) is 0 Å². The number of fused-ring (bicyclic) bond motifs is 8. The van der Waals surface area contributed by atoms with Gasteiger partial charge in [-0.05, 0) is 38.1 Å². The molecule has 0 radical (unpaired) electrons. The van der Waals surface area contributed by atoms with Gasteiger partial charge in [-0.2, -0.15) is 0 Å². The fraction of sp³-hybridized carbons (Fsp3) is 0.154. The van der Waals surface area contributed by atoms with Crippen molar-refractivity contribution in [2.24, 2.45) is 9.98 Å². The van der Waals surface area contributed by atoms with Crippen molar-refractivity contribution in [3.05, 3.63) is 57.1 Å². The molecule has 0 aliphatic rings. The summed E-state index contributed by atoms with van der Waals surface area (Å²) >= 11 is 5.55. The highest BCUT2D eigenvalue weighted by molar-refractivity contribution is 7.26. The zero-order valence-electron chi connectivity index (χ0n) is 18.5. The number of pyridine rings is 2. The molecule has 8 rings (SSSR count). The van der Waals surface area contributed by atoms with Crippen LogP contribution in [-0.2, 0) is 0 Å². The first-order chi connectivity index (χ1) is 16.1. The van der Waals surface area contributed by atoms with Gasteiger partial charge in [0.1, 0.15) is 0 Å². The number of hydrogen-bond acceptors (Lipinski definition) is 5. The summed E-state index contributed by atoms with van der Waals surface area (Å²) in [6.45, 7) is 4.36. The Morgan fingerprint density at radius 1 is 0.606 bits per heavy atom. The molecule has 0 aliphatic heterocycles. The molecule has 0 spiro atoms. The van der Waals surface area contributed by atoms with Crippen LogP contribution in [0.3, 0.4) is 0 Å². The molecule has 0 aliphatic carbocycles. The van der Waals surface area contributed by atoms with Crippen molar-refractivity contribution in [2.45, 2.75) is 13.8 Å². The lowest BCUT2D eigenvalue weighted by Crippen LogP contribution is -2.13. The Kier molecular flexibility index (Phi) is 3.30. The van der Waals surface area contributed by atoms with E-state index in [9.17, 15) is 0 Å². The minimum Gasteiger partial charge on any atom is -0.292 e. The average molecular weight is 483 g/mol. The second-order valence-corrected chi connectivity index (χ2v) is 12.3. The first kappa shape index (κ1) is 18.4. The Morgan fingerprint density at radius 2 is 1.06 bits per heavy atom.